The summed E-state index contributed by atoms with van der Waals surface area (Å²) in [4.78, 5) is 0. The summed E-state index contributed by atoms with van der Waals surface area (Å²) in [7, 11) is 0. The summed E-state index contributed by atoms with van der Waals surface area (Å²) in [5.41, 5.74) is -0.409. The van der Waals surface area contributed by atoms with Crippen LogP contribution in [0, 0.1) is 12.3 Å². The lowest BCUT2D eigenvalue weighted by atomic mass is 10.1. The smallest absolute Gasteiger partial charge is 0.119 e. The third-order valence-corrected chi connectivity index (χ3v) is 2.33. The van der Waals surface area contributed by atoms with E-state index < -0.39 is 11.6 Å². The molecule has 0 aromatic heterocycles. The lowest BCUT2D eigenvalue weighted by molar-refractivity contribution is 0.102. The van der Waals surface area contributed by atoms with Crippen LogP contribution in [0.4, 0.5) is 0 Å². The molecule has 17 heavy (non-hydrogen) atoms. The fourth-order valence-electron chi connectivity index (χ4n) is 1.19. The fourth-order valence-corrected chi connectivity index (χ4v) is 1.19. The van der Waals surface area contributed by atoms with Crippen molar-refractivity contribution in [2.45, 2.75) is 25.5 Å². The van der Waals surface area contributed by atoms with Gasteiger partial charge in [-0.3, -0.25) is 5.32 Å². The zero-order chi connectivity index (χ0) is 12.7. The van der Waals surface area contributed by atoms with Crippen LogP contribution < -0.4 is 10.1 Å². The van der Waals surface area contributed by atoms with Gasteiger partial charge in [0.2, 0.25) is 0 Å². The lowest BCUT2D eigenvalue weighted by Gasteiger charge is -2.22. The van der Waals surface area contributed by atoms with Crippen molar-refractivity contribution in [1.29, 1.82) is 0 Å². The van der Waals surface area contributed by atoms with Crippen molar-refractivity contribution >= 4 is 0 Å². The minimum Gasteiger partial charge on any atom is -0.491 e. The van der Waals surface area contributed by atoms with Crippen LogP contribution in [0.3, 0.4) is 0 Å². The molecule has 1 aromatic rings. The SMILES string of the molecule is C#CC(C)(C)NCC(O)COc1ccccc1. The number of hydrogen-bond donors (Lipinski definition) is 2. The molecule has 0 saturated heterocycles. The number of ether oxygens (including phenoxy) is 1. The molecule has 0 saturated carbocycles. The summed E-state index contributed by atoms with van der Waals surface area (Å²) in [6.45, 7) is 4.43. The van der Waals surface area contributed by atoms with Gasteiger partial charge in [0.1, 0.15) is 18.5 Å². The van der Waals surface area contributed by atoms with E-state index in [2.05, 4.69) is 11.2 Å². The number of benzene rings is 1. The molecule has 0 aliphatic carbocycles. The van der Waals surface area contributed by atoms with E-state index in [0.717, 1.165) is 5.75 Å². The molecule has 2 N–H and O–H groups in total. The molecule has 1 atom stereocenters. The number of aliphatic hydroxyl groups is 1. The van der Waals surface area contributed by atoms with E-state index >= 15 is 0 Å². The highest BCUT2D eigenvalue weighted by Gasteiger charge is 2.15. The van der Waals surface area contributed by atoms with Crippen LogP contribution in [0.1, 0.15) is 13.8 Å². The number of nitrogens with one attached hydrogen (secondary N) is 1. The predicted octanol–water partition coefficient (Wildman–Crippen LogP) is 1.43. The molecule has 0 aliphatic heterocycles. The van der Waals surface area contributed by atoms with Crippen LogP contribution >= 0.6 is 0 Å². The number of para-hydroxylation sites is 1. The number of β-amino-alcohol motifs (C(OH)–C–C–N with tert-alkyl or cyclic N) is 1. The minimum atomic E-state index is -0.581. The molecule has 0 spiro atoms. The highest BCUT2D eigenvalue weighted by atomic mass is 16.5. The first-order valence-electron chi connectivity index (χ1n) is 5.62. The van der Waals surface area contributed by atoms with Gasteiger partial charge in [0, 0.05) is 6.54 Å². The van der Waals surface area contributed by atoms with E-state index in [1.165, 1.54) is 0 Å². The van der Waals surface area contributed by atoms with Gasteiger partial charge in [-0.2, -0.15) is 0 Å². The largest absolute Gasteiger partial charge is 0.491 e. The topological polar surface area (TPSA) is 41.5 Å². The predicted molar refractivity (Wildman–Crippen MR) is 68.9 cm³/mol. The Bertz CT molecular complexity index is 368. The van der Waals surface area contributed by atoms with Crippen LogP contribution in [0.2, 0.25) is 0 Å². The van der Waals surface area contributed by atoms with E-state index in [9.17, 15) is 5.11 Å². The van der Waals surface area contributed by atoms with Gasteiger partial charge >= 0.3 is 0 Å². The van der Waals surface area contributed by atoms with E-state index in [1.807, 2.05) is 44.2 Å². The third-order valence-electron chi connectivity index (χ3n) is 2.33. The van der Waals surface area contributed by atoms with E-state index in [4.69, 9.17) is 11.2 Å². The van der Waals surface area contributed by atoms with Gasteiger partial charge in [-0.25, -0.2) is 0 Å². The summed E-state index contributed by atoms with van der Waals surface area (Å²) >= 11 is 0. The number of terminal acetylenes is 1. The third kappa shape index (κ3) is 5.39. The Morgan fingerprint density at radius 2 is 2.06 bits per heavy atom. The van der Waals surface area contributed by atoms with Gasteiger partial charge in [0.05, 0.1) is 5.54 Å². The van der Waals surface area contributed by atoms with Gasteiger partial charge in [-0.05, 0) is 26.0 Å². The molecule has 1 aromatic carbocycles. The van der Waals surface area contributed by atoms with E-state index in [-0.39, 0.29) is 6.61 Å². The zero-order valence-electron chi connectivity index (χ0n) is 10.3. The molecule has 0 fully saturated rings. The van der Waals surface area contributed by atoms with Crippen molar-refractivity contribution in [3.05, 3.63) is 30.3 Å². The first-order valence-corrected chi connectivity index (χ1v) is 5.62. The van der Waals surface area contributed by atoms with Crippen molar-refractivity contribution in [2.24, 2.45) is 0 Å². The Morgan fingerprint density at radius 3 is 2.65 bits per heavy atom. The maximum atomic E-state index is 9.71. The first-order chi connectivity index (χ1) is 8.03. The maximum Gasteiger partial charge on any atom is 0.119 e. The second-order valence-electron chi connectivity index (χ2n) is 4.43. The number of aliphatic hydroxyl groups excluding tert-OH is 1. The van der Waals surface area contributed by atoms with Gasteiger partial charge in [0.25, 0.3) is 0 Å². The molecule has 0 aliphatic rings. The fraction of sp³-hybridized carbons (Fsp3) is 0.429. The summed E-state index contributed by atoms with van der Waals surface area (Å²) in [5.74, 6) is 3.36. The summed E-state index contributed by atoms with van der Waals surface area (Å²) in [6, 6.07) is 9.40. The molecule has 0 bridgehead atoms. The van der Waals surface area contributed by atoms with Crippen LogP contribution in [0.25, 0.3) is 0 Å². The lowest BCUT2D eigenvalue weighted by Crippen LogP contribution is -2.43. The van der Waals surface area contributed by atoms with Crippen LogP contribution in [-0.4, -0.2) is 29.9 Å². The summed E-state index contributed by atoms with van der Waals surface area (Å²) in [5, 5.41) is 12.8. The molecule has 0 radical (unpaired) electrons. The first kappa shape index (κ1) is 13.6. The Labute approximate surface area is 103 Å². The molecular formula is C14H19NO2. The normalized spacial score (nSPS) is 12.8. The minimum absolute atomic E-state index is 0.248. The molecule has 92 valence electrons. The maximum absolute atomic E-state index is 9.71. The highest BCUT2D eigenvalue weighted by molar-refractivity contribution is 5.20. The molecular weight excluding hydrogens is 214 g/mol. The average Bonchev–Trinajstić information content (AvgIpc) is 2.35. The van der Waals surface area contributed by atoms with Crippen molar-refractivity contribution in [1.82, 2.24) is 5.32 Å². The zero-order valence-corrected chi connectivity index (χ0v) is 10.3. The van der Waals surface area contributed by atoms with Gasteiger partial charge in [-0.15, -0.1) is 6.42 Å². The number of hydrogen-bond acceptors (Lipinski definition) is 3. The standard InChI is InChI=1S/C14H19NO2/c1-4-14(2,3)15-10-12(16)11-17-13-8-6-5-7-9-13/h1,5-9,12,15-16H,10-11H2,2-3H3. The van der Waals surface area contributed by atoms with Crippen LogP contribution in [0.5, 0.6) is 5.75 Å². The second kappa shape index (κ2) is 6.29. The van der Waals surface area contributed by atoms with Crippen molar-refractivity contribution in [3.63, 3.8) is 0 Å². The van der Waals surface area contributed by atoms with E-state index in [0.29, 0.717) is 6.54 Å². The second-order valence-corrected chi connectivity index (χ2v) is 4.43. The molecule has 3 nitrogen and oxygen atoms in total. The Kier molecular flexibility index (Phi) is 5.02. The van der Waals surface area contributed by atoms with E-state index in [1.54, 1.807) is 0 Å². The number of rotatable bonds is 6. The Hall–Kier alpha value is -1.50. The molecule has 3 heteroatoms. The monoisotopic (exact) mass is 233 g/mol. The van der Waals surface area contributed by atoms with Crippen molar-refractivity contribution in [2.75, 3.05) is 13.2 Å². The quantitative estimate of drug-likeness (QED) is 0.730. The molecule has 0 amide bonds. The van der Waals surface area contributed by atoms with Crippen LogP contribution in [0.15, 0.2) is 30.3 Å². The Morgan fingerprint density at radius 1 is 1.41 bits per heavy atom. The van der Waals surface area contributed by atoms with Gasteiger partial charge in [-0.1, -0.05) is 24.1 Å². The average molecular weight is 233 g/mol. The highest BCUT2D eigenvalue weighted by Crippen LogP contribution is 2.08. The summed E-state index contributed by atoms with van der Waals surface area (Å²) in [6.07, 6.45) is 4.75. The van der Waals surface area contributed by atoms with Gasteiger partial charge < -0.3 is 9.84 Å². The Balaban J connectivity index is 2.27. The van der Waals surface area contributed by atoms with Crippen LogP contribution in [-0.2, 0) is 0 Å². The van der Waals surface area contributed by atoms with Crippen molar-refractivity contribution in [3.8, 4) is 18.1 Å². The summed E-state index contributed by atoms with van der Waals surface area (Å²) < 4.78 is 5.42. The van der Waals surface area contributed by atoms with Crippen molar-refractivity contribution < 1.29 is 9.84 Å². The molecule has 1 rings (SSSR count). The van der Waals surface area contributed by atoms with Gasteiger partial charge in [0.15, 0.2) is 0 Å². The molecule has 1 unspecified atom stereocenters. The molecule has 0 heterocycles.